The number of likely N-dealkylation sites (tertiary alicyclic amines) is 2. The fourth-order valence-electron chi connectivity index (χ4n) is 6.68. The molecule has 248 valence electrons. The largest absolute Gasteiger partial charge is 0.444 e. The van der Waals surface area contributed by atoms with E-state index in [-0.39, 0.29) is 35.9 Å². The Balaban J connectivity index is 1.14. The molecule has 0 radical (unpaired) electrons. The third-order valence-corrected chi connectivity index (χ3v) is 9.51. The quantitative estimate of drug-likeness (QED) is 0.282. The second-order valence-electron chi connectivity index (χ2n) is 13.6. The Morgan fingerprint density at radius 1 is 1.00 bits per heavy atom. The highest BCUT2D eigenvalue weighted by atomic mass is 35.5. The zero-order valence-corrected chi connectivity index (χ0v) is 28.2. The number of hydrogen-bond donors (Lipinski definition) is 1. The Labute approximate surface area is 283 Å². The first-order valence-electron chi connectivity index (χ1n) is 15.9. The molecule has 6 rings (SSSR count). The lowest BCUT2D eigenvalue weighted by atomic mass is 9.79. The molecule has 2 fully saturated rings. The number of aliphatic hydroxyl groups is 1. The molecule has 0 unspecified atom stereocenters. The molecule has 4 aromatic rings. The van der Waals surface area contributed by atoms with Crippen LogP contribution < -0.4 is 5.56 Å². The van der Waals surface area contributed by atoms with Crippen LogP contribution in [-0.2, 0) is 16.1 Å². The molecule has 0 spiro atoms. The second kappa shape index (κ2) is 13.0. The van der Waals surface area contributed by atoms with Crippen molar-refractivity contribution in [3.63, 3.8) is 0 Å². The molecule has 2 aliphatic heterocycles. The molecule has 2 aromatic heterocycles. The molecular weight excluding hydrogens is 641 g/mol. The highest BCUT2D eigenvalue weighted by molar-refractivity contribution is 6.34. The summed E-state index contributed by atoms with van der Waals surface area (Å²) in [5, 5.41) is 12.9. The predicted molar refractivity (Wildman–Crippen MR) is 181 cm³/mol. The van der Waals surface area contributed by atoms with Crippen molar-refractivity contribution >= 4 is 46.2 Å². The van der Waals surface area contributed by atoms with E-state index in [0.717, 1.165) is 5.56 Å². The molecule has 0 aliphatic carbocycles. The third-order valence-electron chi connectivity index (χ3n) is 9.08. The molecule has 12 heteroatoms. The summed E-state index contributed by atoms with van der Waals surface area (Å²) in [6.45, 7) is 7.12. The standard InChI is InChI=1S/C35H39Cl2N5O5/c1-34(2,3)47-33(45)40-13-9-27(29(20-40)23-7-5-4-6-8-23)31(43)39-15-11-35(46,12-16-39)21-41-22-38-30-28(32(41)44)10-14-42(30)26-18-24(36)17-25(37)19-26/h4-8,10,14,17-19,22,27,29,46H,9,11-13,15-16,20-21H2,1-3H3/t27-,29+/m1/s1. The lowest BCUT2D eigenvalue weighted by Gasteiger charge is -2.43. The van der Waals surface area contributed by atoms with Gasteiger partial charge in [-0.05, 0) is 69.9 Å². The number of fused-ring (bicyclic) bond motifs is 1. The van der Waals surface area contributed by atoms with Crippen LogP contribution in [0.1, 0.15) is 51.5 Å². The smallest absolute Gasteiger partial charge is 0.410 e. The summed E-state index contributed by atoms with van der Waals surface area (Å²) in [5.74, 6) is -0.472. The van der Waals surface area contributed by atoms with Gasteiger partial charge in [-0.1, -0.05) is 53.5 Å². The Bertz CT molecular complexity index is 1820. The SMILES string of the molecule is CC(C)(C)OC(=O)N1CC[C@@H](C(=O)N2CCC(O)(Cn3cnc4c(ccn4-c4cc(Cl)cc(Cl)c4)c3=O)CC2)[C@H](c2ccccc2)C1. The maximum atomic E-state index is 14.0. The van der Waals surface area contributed by atoms with Crippen LogP contribution in [0.15, 0.2) is 71.9 Å². The van der Waals surface area contributed by atoms with E-state index in [1.807, 2.05) is 56.0 Å². The Kier molecular flexibility index (Phi) is 9.13. The van der Waals surface area contributed by atoms with Crippen molar-refractivity contribution in [1.29, 1.82) is 0 Å². The first kappa shape index (κ1) is 33.1. The molecule has 2 amide bonds. The first-order valence-corrected chi connectivity index (χ1v) is 16.6. The topological polar surface area (TPSA) is 110 Å². The second-order valence-corrected chi connectivity index (χ2v) is 14.5. The summed E-state index contributed by atoms with van der Waals surface area (Å²) in [6, 6.07) is 16.6. The number of amides is 2. The van der Waals surface area contributed by atoms with E-state index in [0.29, 0.717) is 72.2 Å². The van der Waals surface area contributed by atoms with E-state index < -0.39 is 11.2 Å². The number of carbonyl (C=O) groups excluding carboxylic acids is 2. The van der Waals surface area contributed by atoms with Crippen molar-refractivity contribution in [3.05, 3.63) is 93.1 Å². The van der Waals surface area contributed by atoms with E-state index in [9.17, 15) is 19.5 Å². The van der Waals surface area contributed by atoms with E-state index in [1.165, 1.54) is 10.9 Å². The van der Waals surface area contributed by atoms with Crippen LogP contribution in [0.3, 0.4) is 0 Å². The molecule has 2 saturated heterocycles. The van der Waals surface area contributed by atoms with Crippen LogP contribution in [0.25, 0.3) is 16.7 Å². The molecule has 2 atom stereocenters. The van der Waals surface area contributed by atoms with Gasteiger partial charge in [0.05, 0.1) is 17.5 Å². The molecule has 0 saturated carbocycles. The predicted octanol–water partition coefficient (Wildman–Crippen LogP) is 5.89. The van der Waals surface area contributed by atoms with Gasteiger partial charge < -0.3 is 24.2 Å². The molecule has 47 heavy (non-hydrogen) atoms. The maximum absolute atomic E-state index is 14.0. The van der Waals surface area contributed by atoms with Crippen LogP contribution >= 0.6 is 23.2 Å². The molecule has 10 nitrogen and oxygen atoms in total. The van der Waals surface area contributed by atoms with Crippen LogP contribution in [0, 0.1) is 5.92 Å². The number of hydrogen-bond acceptors (Lipinski definition) is 6. The van der Waals surface area contributed by atoms with Crippen molar-refractivity contribution in [1.82, 2.24) is 23.9 Å². The van der Waals surface area contributed by atoms with Gasteiger partial charge in [0.15, 0.2) is 5.65 Å². The minimum atomic E-state index is -1.18. The molecule has 0 bridgehead atoms. The van der Waals surface area contributed by atoms with Gasteiger partial charge >= 0.3 is 6.09 Å². The molecule has 2 aliphatic rings. The number of rotatable bonds is 5. The molecule has 1 N–H and O–H groups in total. The van der Waals surface area contributed by atoms with Gasteiger partial charge in [0.2, 0.25) is 5.91 Å². The van der Waals surface area contributed by atoms with Crippen molar-refractivity contribution in [2.75, 3.05) is 26.2 Å². The summed E-state index contributed by atoms with van der Waals surface area (Å²) >= 11 is 12.4. The van der Waals surface area contributed by atoms with E-state index in [1.54, 1.807) is 39.9 Å². The Hall–Kier alpha value is -3.86. The van der Waals surface area contributed by atoms with Crippen molar-refractivity contribution in [2.45, 2.75) is 63.7 Å². The lowest BCUT2D eigenvalue weighted by Crippen LogP contribution is -2.53. The summed E-state index contributed by atoms with van der Waals surface area (Å²) < 4.78 is 8.82. The maximum Gasteiger partial charge on any atom is 0.410 e. The fourth-order valence-corrected chi connectivity index (χ4v) is 7.20. The summed E-state index contributed by atoms with van der Waals surface area (Å²) in [7, 11) is 0. The van der Waals surface area contributed by atoms with Gasteiger partial charge in [-0.3, -0.25) is 14.2 Å². The molecule has 2 aromatic carbocycles. The highest BCUT2D eigenvalue weighted by Gasteiger charge is 2.42. The number of nitrogens with zero attached hydrogens (tertiary/aromatic N) is 5. The van der Waals surface area contributed by atoms with Crippen molar-refractivity contribution in [2.24, 2.45) is 5.92 Å². The number of piperidine rings is 2. The van der Waals surface area contributed by atoms with E-state index in [4.69, 9.17) is 27.9 Å². The first-order chi connectivity index (χ1) is 22.3. The molecule has 4 heterocycles. The number of ether oxygens (including phenoxy) is 1. The van der Waals surface area contributed by atoms with Crippen LogP contribution in [-0.4, -0.2) is 78.4 Å². The Morgan fingerprint density at radius 2 is 1.68 bits per heavy atom. The monoisotopic (exact) mass is 679 g/mol. The summed E-state index contributed by atoms with van der Waals surface area (Å²) in [5.41, 5.74) is 0.0853. The fraction of sp³-hybridized carbons (Fsp3) is 0.429. The minimum absolute atomic E-state index is 0.0208. The zero-order valence-electron chi connectivity index (χ0n) is 26.7. The number of benzene rings is 2. The normalized spacial score (nSPS) is 20.0. The average Bonchev–Trinajstić information content (AvgIpc) is 3.46. The van der Waals surface area contributed by atoms with Gasteiger partial charge in [-0.2, -0.15) is 0 Å². The lowest BCUT2D eigenvalue weighted by molar-refractivity contribution is -0.142. The zero-order chi connectivity index (χ0) is 33.5. The van der Waals surface area contributed by atoms with E-state index in [2.05, 4.69) is 4.98 Å². The van der Waals surface area contributed by atoms with Gasteiger partial charge in [0, 0.05) is 59.9 Å². The highest BCUT2D eigenvalue weighted by Crippen LogP contribution is 2.36. The number of halogens is 2. The van der Waals surface area contributed by atoms with Crippen LogP contribution in [0.4, 0.5) is 4.79 Å². The van der Waals surface area contributed by atoms with Gasteiger partial charge in [-0.25, -0.2) is 9.78 Å². The van der Waals surface area contributed by atoms with Crippen molar-refractivity contribution in [3.8, 4) is 5.69 Å². The van der Waals surface area contributed by atoms with Gasteiger partial charge in [0.25, 0.3) is 5.56 Å². The molecular formula is C35H39Cl2N5O5. The van der Waals surface area contributed by atoms with Crippen molar-refractivity contribution < 1.29 is 19.4 Å². The number of carbonyl (C=O) groups is 2. The van der Waals surface area contributed by atoms with E-state index >= 15 is 0 Å². The average molecular weight is 681 g/mol. The summed E-state index contributed by atoms with van der Waals surface area (Å²) in [4.78, 5) is 48.4. The number of aromatic nitrogens is 3. The van der Waals surface area contributed by atoms with Crippen LogP contribution in [0.5, 0.6) is 0 Å². The summed E-state index contributed by atoms with van der Waals surface area (Å²) in [6.07, 6.45) is 3.97. The Morgan fingerprint density at radius 3 is 2.34 bits per heavy atom. The third kappa shape index (κ3) is 7.20. The van der Waals surface area contributed by atoms with Gasteiger partial charge in [-0.15, -0.1) is 0 Å². The van der Waals surface area contributed by atoms with Gasteiger partial charge in [0.1, 0.15) is 11.9 Å². The van der Waals surface area contributed by atoms with Crippen LogP contribution in [0.2, 0.25) is 10.0 Å². The minimum Gasteiger partial charge on any atom is -0.444 e.